The van der Waals surface area contributed by atoms with Crippen molar-refractivity contribution in [2.24, 2.45) is 7.05 Å². The van der Waals surface area contributed by atoms with Gasteiger partial charge in [-0.25, -0.2) is 9.48 Å². The molecule has 3 heterocycles. The first-order valence-corrected chi connectivity index (χ1v) is 7.56. The number of carbonyl (C=O) groups excluding carboxylic acids is 1. The van der Waals surface area contributed by atoms with Gasteiger partial charge in [-0.05, 0) is 13.8 Å². The number of fused-ring (bicyclic) bond motifs is 1. The molecule has 0 bridgehead atoms. The van der Waals surface area contributed by atoms with Crippen LogP contribution in [0.3, 0.4) is 0 Å². The van der Waals surface area contributed by atoms with Crippen molar-refractivity contribution in [3.63, 3.8) is 0 Å². The third-order valence-electron chi connectivity index (χ3n) is 3.88. The van der Waals surface area contributed by atoms with Crippen molar-refractivity contribution in [1.29, 1.82) is 0 Å². The van der Waals surface area contributed by atoms with Crippen molar-refractivity contribution in [3.05, 3.63) is 35.1 Å². The molecule has 0 aromatic carbocycles. The van der Waals surface area contributed by atoms with Gasteiger partial charge in [0.1, 0.15) is 19.0 Å². The predicted octanol–water partition coefficient (Wildman–Crippen LogP) is 0.799. The second kappa shape index (κ2) is 6.44. The zero-order valence-electron chi connectivity index (χ0n) is 14.1. The van der Waals surface area contributed by atoms with E-state index in [4.69, 9.17) is 9.47 Å². The second-order valence-electron chi connectivity index (χ2n) is 5.57. The van der Waals surface area contributed by atoms with Gasteiger partial charge >= 0.3 is 5.97 Å². The van der Waals surface area contributed by atoms with Crippen molar-refractivity contribution >= 4 is 11.9 Å². The highest BCUT2D eigenvalue weighted by Crippen LogP contribution is 2.36. The lowest BCUT2D eigenvalue weighted by Gasteiger charge is -2.27. The first-order valence-electron chi connectivity index (χ1n) is 7.56. The third kappa shape index (κ3) is 2.78. The van der Waals surface area contributed by atoms with Crippen LogP contribution in [0.2, 0.25) is 0 Å². The maximum Gasteiger partial charge on any atom is 0.338 e. The van der Waals surface area contributed by atoms with E-state index in [0.717, 1.165) is 11.3 Å². The van der Waals surface area contributed by atoms with E-state index in [0.29, 0.717) is 23.8 Å². The fourth-order valence-electron chi connectivity index (χ4n) is 2.82. The molecule has 0 saturated carbocycles. The molecular weight excluding hydrogens is 312 g/mol. The van der Waals surface area contributed by atoms with Gasteiger partial charge in [-0.1, -0.05) is 0 Å². The number of nitrogens with zero attached hydrogens (tertiary/aromatic N) is 5. The van der Waals surface area contributed by atoms with E-state index in [1.54, 1.807) is 16.5 Å². The Kier molecular flexibility index (Phi) is 4.34. The minimum Gasteiger partial charge on any atom is -0.460 e. The highest BCUT2D eigenvalue weighted by molar-refractivity contribution is 5.92. The molecule has 24 heavy (non-hydrogen) atoms. The maximum absolute atomic E-state index is 12.7. The second-order valence-corrected chi connectivity index (χ2v) is 5.57. The van der Waals surface area contributed by atoms with Gasteiger partial charge in [0.2, 0.25) is 5.95 Å². The number of ether oxygens (including phenoxy) is 2. The summed E-state index contributed by atoms with van der Waals surface area (Å²) >= 11 is 0. The minimum atomic E-state index is -0.438. The van der Waals surface area contributed by atoms with E-state index in [1.807, 2.05) is 27.1 Å². The van der Waals surface area contributed by atoms with Gasteiger partial charge in [0.15, 0.2) is 0 Å². The number of allylic oxidation sites excluding steroid dienone is 1. The predicted molar refractivity (Wildman–Crippen MR) is 85.3 cm³/mol. The van der Waals surface area contributed by atoms with E-state index in [1.165, 1.54) is 6.33 Å². The van der Waals surface area contributed by atoms with Crippen LogP contribution in [0.15, 0.2) is 23.8 Å². The standard InChI is InChI=1S/C15H20N6O3/c1-9-11(7-20(3)19-9)13-12(14(22)24-6-5-23-4)10(2)18-15-16-8-17-21(13)15/h7-8,13H,5-6H2,1-4H3,(H,16,17,18). The molecule has 0 spiro atoms. The molecule has 0 aliphatic carbocycles. The Hall–Kier alpha value is -2.68. The Morgan fingerprint density at radius 3 is 2.83 bits per heavy atom. The fraction of sp³-hybridized carbons (Fsp3) is 0.467. The molecule has 9 heteroatoms. The Balaban J connectivity index is 2.03. The van der Waals surface area contributed by atoms with Crippen LogP contribution in [-0.4, -0.2) is 50.8 Å². The number of rotatable bonds is 5. The number of esters is 1. The molecule has 1 aliphatic rings. The van der Waals surface area contributed by atoms with Crippen LogP contribution in [0.1, 0.15) is 24.2 Å². The van der Waals surface area contributed by atoms with E-state index < -0.39 is 12.0 Å². The lowest BCUT2D eigenvalue weighted by atomic mass is 9.96. The highest BCUT2D eigenvalue weighted by Gasteiger charge is 2.36. The first-order chi connectivity index (χ1) is 11.5. The zero-order chi connectivity index (χ0) is 17.3. The summed E-state index contributed by atoms with van der Waals surface area (Å²) in [6, 6.07) is -0.438. The average Bonchev–Trinajstić information content (AvgIpc) is 3.11. The molecular formula is C15H20N6O3. The van der Waals surface area contributed by atoms with E-state index in [2.05, 4.69) is 20.5 Å². The van der Waals surface area contributed by atoms with Crippen LogP contribution in [0.25, 0.3) is 0 Å². The number of aryl methyl sites for hydroxylation is 2. The first kappa shape index (κ1) is 16.2. The molecule has 0 radical (unpaired) electrons. The quantitative estimate of drug-likeness (QED) is 0.639. The molecule has 0 saturated heterocycles. The fourth-order valence-corrected chi connectivity index (χ4v) is 2.82. The Labute approximate surface area is 139 Å². The van der Waals surface area contributed by atoms with Crippen molar-refractivity contribution in [3.8, 4) is 0 Å². The van der Waals surface area contributed by atoms with Crippen molar-refractivity contribution in [1.82, 2.24) is 24.5 Å². The van der Waals surface area contributed by atoms with Gasteiger partial charge < -0.3 is 14.8 Å². The summed E-state index contributed by atoms with van der Waals surface area (Å²) in [5.74, 6) is 0.167. The molecule has 2 aromatic rings. The van der Waals surface area contributed by atoms with Crippen LogP contribution in [0.5, 0.6) is 0 Å². The summed E-state index contributed by atoms with van der Waals surface area (Å²) in [6.07, 6.45) is 3.33. The van der Waals surface area contributed by atoms with Gasteiger partial charge in [-0.15, -0.1) is 0 Å². The lowest BCUT2D eigenvalue weighted by molar-refractivity contribution is -0.140. The summed E-state index contributed by atoms with van der Waals surface area (Å²) in [4.78, 5) is 16.8. The Morgan fingerprint density at radius 1 is 1.38 bits per heavy atom. The smallest absolute Gasteiger partial charge is 0.338 e. The number of carbonyl (C=O) groups is 1. The molecule has 1 unspecified atom stereocenters. The van der Waals surface area contributed by atoms with Gasteiger partial charge in [0, 0.05) is 31.6 Å². The SMILES string of the molecule is COCCOC(=O)C1=C(C)Nc2ncnn2C1c1cn(C)nc1C. The van der Waals surface area contributed by atoms with Gasteiger partial charge in [-0.2, -0.15) is 15.2 Å². The van der Waals surface area contributed by atoms with Crippen LogP contribution in [0.4, 0.5) is 5.95 Å². The topological polar surface area (TPSA) is 96.1 Å². The van der Waals surface area contributed by atoms with Gasteiger partial charge in [0.25, 0.3) is 0 Å². The lowest BCUT2D eigenvalue weighted by Crippen LogP contribution is -2.30. The molecule has 1 N–H and O–H groups in total. The molecule has 1 aliphatic heterocycles. The van der Waals surface area contributed by atoms with Crippen molar-refractivity contribution < 1.29 is 14.3 Å². The largest absolute Gasteiger partial charge is 0.460 e. The number of nitrogens with one attached hydrogen (secondary N) is 1. The third-order valence-corrected chi connectivity index (χ3v) is 3.88. The average molecular weight is 332 g/mol. The molecule has 128 valence electrons. The van der Waals surface area contributed by atoms with Crippen molar-refractivity contribution in [2.45, 2.75) is 19.9 Å². The highest BCUT2D eigenvalue weighted by atomic mass is 16.6. The number of methoxy groups -OCH3 is 1. The Bertz CT molecular complexity index is 791. The van der Waals surface area contributed by atoms with Crippen LogP contribution < -0.4 is 5.32 Å². The normalized spacial score (nSPS) is 16.8. The number of hydrogen-bond acceptors (Lipinski definition) is 7. The van der Waals surface area contributed by atoms with Gasteiger partial charge in [-0.3, -0.25) is 4.68 Å². The van der Waals surface area contributed by atoms with Gasteiger partial charge in [0.05, 0.1) is 17.9 Å². The molecule has 1 atom stereocenters. The number of aromatic nitrogens is 5. The molecule has 9 nitrogen and oxygen atoms in total. The molecule has 2 aromatic heterocycles. The van der Waals surface area contributed by atoms with Crippen LogP contribution in [0, 0.1) is 6.92 Å². The summed E-state index contributed by atoms with van der Waals surface area (Å²) in [7, 11) is 3.40. The molecule has 3 rings (SSSR count). The molecule has 0 amide bonds. The Morgan fingerprint density at radius 2 is 2.17 bits per heavy atom. The zero-order valence-corrected chi connectivity index (χ0v) is 14.1. The van der Waals surface area contributed by atoms with E-state index in [9.17, 15) is 4.79 Å². The summed E-state index contributed by atoms with van der Waals surface area (Å²) in [5.41, 5.74) is 2.87. The number of anilines is 1. The van der Waals surface area contributed by atoms with Crippen LogP contribution >= 0.6 is 0 Å². The monoisotopic (exact) mass is 332 g/mol. The summed E-state index contributed by atoms with van der Waals surface area (Å²) in [6.45, 7) is 4.26. The summed E-state index contributed by atoms with van der Waals surface area (Å²) < 4.78 is 13.7. The van der Waals surface area contributed by atoms with Crippen LogP contribution in [-0.2, 0) is 21.3 Å². The van der Waals surface area contributed by atoms with E-state index in [-0.39, 0.29) is 6.61 Å². The van der Waals surface area contributed by atoms with Crippen molar-refractivity contribution in [2.75, 3.05) is 25.6 Å². The minimum absolute atomic E-state index is 0.190. The maximum atomic E-state index is 12.7. The van der Waals surface area contributed by atoms with E-state index >= 15 is 0 Å². The number of hydrogen-bond donors (Lipinski definition) is 1. The summed E-state index contributed by atoms with van der Waals surface area (Å²) in [5, 5.41) is 11.7. The molecule has 0 fully saturated rings.